The van der Waals surface area contributed by atoms with Crippen molar-refractivity contribution in [2.24, 2.45) is 5.16 Å². The average Bonchev–Trinajstić information content (AvgIpc) is 2.89. The number of hydrogen-bond donors (Lipinski definition) is 3. The molecule has 7 heteroatoms. The molecule has 7 nitrogen and oxygen atoms in total. The van der Waals surface area contributed by atoms with Gasteiger partial charge in [0.2, 0.25) is 6.10 Å². The van der Waals surface area contributed by atoms with E-state index in [0.717, 1.165) is 5.56 Å². The van der Waals surface area contributed by atoms with Gasteiger partial charge in [-0.1, -0.05) is 17.3 Å². The summed E-state index contributed by atoms with van der Waals surface area (Å²) in [6.45, 7) is -0.0736. The van der Waals surface area contributed by atoms with E-state index in [-0.39, 0.29) is 18.7 Å². The topological polar surface area (TPSA) is 108 Å². The number of aliphatic carboxylic acids is 1. The molecular weight excluding hydrogens is 252 g/mol. The van der Waals surface area contributed by atoms with Crippen LogP contribution in [0.2, 0.25) is 0 Å². The number of anilines is 1. The van der Waals surface area contributed by atoms with E-state index in [9.17, 15) is 9.59 Å². The molecule has 3 N–H and O–H groups in total. The summed E-state index contributed by atoms with van der Waals surface area (Å²) in [7, 11) is 0. The fourth-order valence-electron chi connectivity index (χ4n) is 1.56. The van der Waals surface area contributed by atoms with E-state index < -0.39 is 18.0 Å². The van der Waals surface area contributed by atoms with Gasteiger partial charge in [0.15, 0.2) is 5.71 Å². The van der Waals surface area contributed by atoms with E-state index in [1.165, 1.54) is 0 Å². The number of amides is 1. The minimum Gasteiger partial charge on any atom is -0.477 e. The molecular formula is C12H12N2O5. The Morgan fingerprint density at radius 2 is 2.05 bits per heavy atom. The molecule has 2 rings (SSSR count). The smallest absolute Gasteiger partial charge is 0.353 e. The van der Waals surface area contributed by atoms with Gasteiger partial charge < -0.3 is 20.4 Å². The van der Waals surface area contributed by atoms with Crippen LogP contribution < -0.4 is 5.32 Å². The number of carbonyl (C=O) groups excluding carboxylic acids is 1. The Morgan fingerprint density at radius 1 is 1.37 bits per heavy atom. The third kappa shape index (κ3) is 3.08. The second-order valence-electron chi connectivity index (χ2n) is 3.99. The number of aliphatic hydroxyl groups excluding tert-OH is 1. The average molecular weight is 264 g/mol. The molecule has 0 bridgehead atoms. The highest BCUT2D eigenvalue weighted by Gasteiger charge is 2.31. The zero-order valence-electron chi connectivity index (χ0n) is 9.87. The zero-order chi connectivity index (χ0) is 13.8. The fraction of sp³-hybridized carbons (Fsp3) is 0.250. The maximum absolute atomic E-state index is 11.8. The van der Waals surface area contributed by atoms with Crippen LogP contribution >= 0.6 is 0 Å². The molecule has 0 saturated heterocycles. The third-order valence-corrected chi connectivity index (χ3v) is 2.61. The van der Waals surface area contributed by atoms with Crippen LogP contribution in [0, 0.1) is 0 Å². The van der Waals surface area contributed by atoms with Gasteiger partial charge in [0, 0.05) is 12.1 Å². The molecule has 1 aromatic rings. The molecule has 1 aliphatic rings. The van der Waals surface area contributed by atoms with Gasteiger partial charge in [0.05, 0.1) is 6.61 Å². The van der Waals surface area contributed by atoms with E-state index in [2.05, 4.69) is 10.5 Å². The lowest BCUT2D eigenvalue weighted by molar-refractivity contribution is -0.129. The summed E-state index contributed by atoms with van der Waals surface area (Å²) in [5.74, 6) is -1.65. The summed E-state index contributed by atoms with van der Waals surface area (Å²) in [6, 6.07) is 6.61. The highest BCUT2D eigenvalue weighted by molar-refractivity contribution is 6.36. The minimum atomic E-state index is -1.19. The lowest BCUT2D eigenvalue weighted by Crippen LogP contribution is -2.28. The minimum absolute atomic E-state index is 0.0596. The van der Waals surface area contributed by atoms with Gasteiger partial charge >= 0.3 is 5.97 Å². The van der Waals surface area contributed by atoms with Crippen LogP contribution in [0.4, 0.5) is 5.69 Å². The first-order valence-corrected chi connectivity index (χ1v) is 5.57. The predicted octanol–water partition coefficient (Wildman–Crippen LogP) is 0.347. The Balaban J connectivity index is 1.93. The first kappa shape index (κ1) is 13.0. The normalized spacial score (nSPS) is 17.5. The highest BCUT2D eigenvalue weighted by atomic mass is 16.6. The van der Waals surface area contributed by atoms with Gasteiger partial charge in [-0.2, -0.15) is 0 Å². The van der Waals surface area contributed by atoms with E-state index >= 15 is 0 Å². The molecule has 0 aromatic heterocycles. The van der Waals surface area contributed by atoms with Crippen molar-refractivity contribution in [2.45, 2.75) is 19.1 Å². The summed E-state index contributed by atoms with van der Waals surface area (Å²) in [5, 5.41) is 23.5. The summed E-state index contributed by atoms with van der Waals surface area (Å²) in [5.41, 5.74) is 1.09. The Labute approximate surface area is 108 Å². The summed E-state index contributed by atoms with van der Waals surface area (Å²) >= 11 is 0. The van der Waals surface area contributed by atoms with Crippen molar-refractivity contribution in [1.82, 2.24) is 0 Å². The quantitative estimate of drug-likeness (QED) is 0.727. The standard InChI is InChI=1S/C12H12N2O5/c15-6-7-1-3-8(4-2-7)13-11(16)10-5-9(12(17)18)14-19-10/h1-4,10,15H,5-6H2,(H,13,16)(H,17,18). The number of hydrogen-bond acceptors (Lipinski definition) is 5. The zero-order valence-corrected chi connectivity index (χ0v) is 9.87. The number of nitrogens with zero attached hydrogens (tertiary/aromatic N) is 1. The van der Waals surface area contributed by atoms with Crippen molar-refractivity contribution in [3.05, 3.63) is 29.8 Å². The first-order valence-electron chi connectivity index (χ1n) is 5.57. The number of carbonyl (C=O) groups is 2. The number of aliphatic hydroxyl groups is 1. The molecule has 0 saturated carbocycles. The molecule has 19 heavy (non-hydrogen) atoms. The number of benzene rings is 1. The highest BCUT2D eigenvalue weighted by Crippen LogP contribution is 2.15. The molecule has 1 amide bonds. The molecule has 1 aromatic carbocycles. The lowest BCUT2D eigenvalue weighted by atomic mass is 10.1. The van der Waals surface area contributed by atoms with Crippen molar-refractivity contribution in [3.63, 3.8) is 0 Å². The number of carboxylic acids is 1. The SMILES string of the molecule is O=C(O)C1=NOC(C(=O)Nc2ccc(CO)cc2)C1. The van der Waals surface area contributed by atoms with Crippen LogP contribution in [0.25, 0.3) is 0 Å². The predicted molar refractivity (Wildman–Crippen MR) is 65.6 cm³/mol. The number of rotatable bonds is 4. The molecule has 0 aliphatic carbocycles. The Bertz CT molecular complexity index is 523. The number of oxime groups is 1. The van der Waals surface area contributed by atoms with Crippen LogP contribution in [0.5, 0.6) is 0 Å². The van der Waals surface area contributed by atoms with Gasteiger partial charge in [-0.25, -0.2) is 4.79 Å². The van der Waals surface area contributed by atoms with Gasteiger partial charge in [-0.05, 0) is 17.7 Å². The molecule has 0 spiro atoms. The lowest BCUT2D eigenvalue weighted by Gasteiger charge is -2.09. The molecule has 1 atom stereocenters. The van der Waals surface area contributed by atoms with Crippen LogP contribution in [0.1, 0.15) is 12.0 Å². The van der Waals surface area contributed by atoms with Gasteiger partial charge in [-0.15, -0.1) is 0 Å². The maximum Gasteiger partial charge on any atom is 0.353 e. The molecule has 1 unspecified atom stereocenters. The van der Waals surface area contributed by atoms with E-state index in [4.69, 9.17) is 15.1 Å². The Hall–Kier alpha value is -2.41. The van der Waals surface area contributed by atoms with E-state index in [1.807, 2.05) is 0 Å². The summed E-state index contributed by atoms with van der Waals surface area (Å²) < 4.78 is 0. The third-order valence-electron chi connectivity index (χ3n) is 2.61. The first-order chi connectivity index (χ1) is 9.10. The summed E-state index contributed by atoms with van der Waals surface area (Å²) in [4.78, 5) is 27.2. The Morgan fingerprint density at radius 3 is 2.58 bits per heavy atom. The molecule has 100 valence electrons. The maximum atomic E-state index is 11.8. The molecule has 1 heterocycles. The monoisotopic (exact) mass is 264 g/mol. The molecule has 0 fully saturated rings. The largest absolute Gasteiger partial charge is 0.477 e. The van der Waals surface area contributed by atoms with Crippen LogP contribution in [0.3, 0.4) is 0 Å². The van der Waals surface area contributed by atoms with Crippen molar-refractivity contribution in [2.75, 3.05) is 5.32 Å². The Kier molecular flexibility index (Phi) is 3.76. The molecule has 1 aliphatic heterocycles. The van der Waals surface area contributed by atoms with Crippen LogP contribution in [0.15, 0.2) is 29.4 Å². The van der Waals surface area contributed by atoms with Gasteiger partial charge in [-0.3, -0.25) is 4.79 Å². The second-order valence-corrected chi connectivity index (χ2v) is 3.99. The van der Waals surface area contributed by atoms with Crippen LogP contribution in [-0.2, 0) is 21.0 Å². The molecule has 0 radical (unpaired) electrons. The van der Waals surface area contributed by atoms with Gasteiger partial charge in [0.1, 0.15) is 0 Å². The van der Waals surface area contributed by atoms with Crippen molar-refractivity contribution in [1.29, 1.82) is 0 Å². The number of carboxylic acid groups (broad SMARTS) is 1. The van der Waals surface area contributed by atoms with Gasteiger partial charge in [0.25, 0.3) is 5.91 Å². The van der Waals surface area contributed by atoms with Crippen molar-refractivity contribution in [3.8, 4) is 0 Å². The second kappa shape index (κ2) is 5.49. The summed E-state index contributed by atoms with van der Waals surface area (Å²) in [6.07, 6.45) is -0.987. The number of nitrogens with one attached hydrogen (secondary N) is 1. The van der Waals surface area contributed by atoms with Crippen molar-refractivity contribution >= 4 is 23.3 Å². The van der Waals surface area contributed by atoms with Crippen LogP contribution in [-0.4, -0.2) is 33.9 Å². The van der Waals surface area contributed by atoms with Crippen molar-refractivity contribution < 1.29 is 24.6 Å². The van der Waals surface area contributed by atoms with E-state index in [1.54, 1.807) is 24.3 Å². The van der Waals surface area contributed by atoms with E-state index in [0.29, 0.717) is 5.69 Å². The fourth-order valence-corrected chi connectivity index (χ4v) is 1.56.